The van der Waals surface area contributed by atoms with Gasteiger partial charge in [0.1, 0.15) is 28.5 Å². The van der Waals surface area contributed by atoms with Gasteiger partial charge in [-0.1, -0.05) is 0 Å². The number of rotatable bonds is 5. The SMILES string of the molecule is COc1ccc(C2SCC(=O)N2Cc2cc(F)ccc2F)c(OC)c1. The second kappa shape index (κ2) is 7.31. The van der Waals surface area contributed by atoms with Crippen LogP contribution in [0.15, 0.2) is 36.4 Å². The lowest BCUT2D eigenvalue weighted by molar-refractivity contribution is -0.128. The second-order valence-corrected chi connectivity index (χ2v) is 6.60. The maximum atomic E-state index is 14.0. The molecule has 0 N–H and O–H groups in total. The molecule has 4 nitrogen and oxygen atoms in total. The van der Waals surface area contributed by atoms with Gasteiger partial charge >= 0.3 is 0 Å². The number of carbonyl (C=O) groups excluding carboxylic acids is 1. The monoisotopic (exact) mass is 365 g/mol. The van der Waals surface area contributed by atoms with E-state index in [1.165, 1.54) is 23.8 Å². The van der Waals surface area contributed by atoms with Gasteiger partial charge in [0, 0.05) is 17.2 Å². The highest BCUT2D eigenvalue weighted by Crippen LogP contribution is 2.44. The van der Waals surface area contributed by atoms with Crippen LogP contribution in [-0.2, 0) is 11.3 Å². The van der Waals surface area contributed by atoms with Crippen molar-refractivity contribution in [2.24, 2.45) is 0 Å². The van der Waals surface area contributed by atoms with Crippen molar-refractivity contribution in [3.63, 3.8) is 0 Å². The first-order valence-corrected chi connectivity index (χ1v) is 8.65. The van der Waals surface area contributed by atoms with Gasteiger partial charge in [0.05, 0.1) is 26.5 Å². The van der Waals surface area contributed by atoms with E-state index in [0.29, 0.717) is 11.5 Å². The zero-order valence-corrected chi connectivity index (χ0v) is 14.6. The highest BCUT2D eigenvalue weighted by Gasteiger charge is 2.35. The molecule has 0 radical (unpaired) electrons. The van der Waals surface area contributed by atoms with Crippen molar-refractivity contribution in [1.82, 2.24) is 4.90 Å². The Hall–Kier alpha value is -2.28. The number of methoxy groups -OCH3 is 2. The lowest BCUT2D eigenvalue weighted by Gasteiger charge is -2.26. The number of nitrogens with zero attached hydrogens (tertiary/aromatic N) is 1. The Morgan fingerprint density at radius 3 is 2.68 bits per heavy atom. The fraction of sp³-hybridized carbons (Fsp3) is 0.278. The molecule has 1 unspecified atom stereocenters. The fourth-order valence-corrected chi connectivity index (χ4v) is 3.97. The third-order valence-corrected chi connectivity index (χ3v) is 5.26. The van der Waals surface area contributed by atoms with Crippen LogP contribution in [-0.4, -0.2) is 30.8 Å². The number of carbonyl (C=O) groups is 1. The van der Waals surface area contributed by atoms with Gasteiger partial charge in [-0.05, 0) is 30.3 Å². The highest BCUT2D eigenvalue weighted by atomic mass is 32.2. The van der Waals surface area contributed by atoms with E-state index in [0.717, 1.165) is 23.8 Å². The first-order valence-electron chi connectivity index (χ1n) is 7.60. The van der Waals surface area contributed by atoms with Crippen molar-refractivity contribution < 1.29 is 23.0 Å². The third kappa shape index (κ3) is 3.56. The van der Waals surface area contributed by atoms with E-state index in [2.05, 4.69) is 0 Å². The van der Waals surface area contributed by atoms with E-state index < -0.39 is 11.6 Å². The number of thioether (sulfide) groups is 1. The Bertz CT molecular complexity index is 800. The van der Waals surface area contributed by atoms with Crippen LogP contribution in [0.5, 0.6) is 11.5 Å². The van der Waals surface area contributed by atoms with Gasteiger partial charge in [0.2, 0.25) is 5.91 Å². The minimum Gasteiger partial charge on any atom is -0.497 e. The molecule has 1 heterocycles. The molecule has 3 rings (SSSR count). The van der Waals surface area contributed by atoms with Gasteiger partial charge in [-0.3, -0.25) is 4.79 Å². The van der Waals surface area contributed by atoms with Crippen LogP contribution >= 0.6 is 11.8 Å². The number of halogens is 2. The number of hydrogen-bond donors (Lipinski definition) is 0. The van der Waals surface area contributed by atoms with E-state index in [4.69, 9.17) is 9.47 Å². The number of hydrogen-bond acceptors (Lipinski definition) is 4. The number of ether oxygens (including phenoxy) is 2. The Labute approximate surface area is 148 Å². The summed E-state index contributed by atoms with van der Waals surface area (Å²) in [5, 5.41) is -0.337. The summed E-state index contributed by atoms with van der Waals surface area (Å²) in [6.07, 6.45) is 0. The van der Waals surface area contributed by atoms with Gasteiger partial charge in [0.15, 0.2) is 0 Å². The zero-order valence-electron chi connectivity index (χ0n) is 13.8. The van der Waals surface area contributed by atoms with Gasteiger partial charge < -0.3 is 14.4 Å². The van der Waals surface area contributed by atoms with E-state index in [1.807, 2.05) is 6.07 Å². The molecule has 7 heteroatoms. The van der Waals surface area contributed by atoms with Crippen LogP contribution in [0.2, 0.25) is 0 Å². The standard InChI is InChI=1S/C18H17F2NO3S/c1-23-13-4-5-14(16(8-13)24-2)18-21(17(22)10-25-18)9-11-7-12(19)3-6-15(11)20/h3-8,18H,9-10H2,1-2H3. The summed E-state index contributed by atoms with van der Waals surface area (Å²) >= 11 is 1.42. The zero-order chi connectivity index (χ0) is 18.0. The minimum atomic E-state index is -0.536. The molecule has 2 aromatic carbocycles. The van der Waals surface area contributed by atoms with Crippen LogP contribution in [0.3, 0.4) is 0 Å². The molecule has 132 valence electrons. The van der Waals surface area contributed by atoms with Crippen LogP contribution in [0.1, 0.15) is 16.5 Å². The molecular weight excluding hydrogens is 348 g/mol. The first kappa shape index (κ1) is 17.5. The normalized spacial score (nSPS) is 17.0. The molecule has 0 spiro atoms. The Balaban J connectivity index is 1.93. The fourth-order valence-electron chi connectivity index (χ4n) is 2.75. The summed E-state index contributed by atoms with van der Waals surface area (Å²) in [6.45, 7) is -0.00469. The molecule has 0 bridgehead atoms. The largest absolute Gasteiger partial charge is 0.497 e. The van der Waals surface area contributed by atoms with E-state index in [1.54, 1.807) is 19.2 Å². The molecule has 0 aromatic heterocycles. The number of amides is 1. The quantitative estimate of drug-likeness (QED) is 0.809. The van der Waals surface area contributed by atoms with Crippen LogP contribution in [0, 0.1) is 11.6 Å². The molecular formula is C18H17F2NO3S. The van der Waals surface area contributed by atoms with Gasteiger partial charge in [-0.15, -0.1) is 11.8 Å². The maximum Gasteiger partial charge on any atom is 0.234 e. The van der Waals surface area contributed by atoms with E-state index in [9.17, 15) is 13.6 Å². The molecule has 2 aromatic rings. The molecule has 0 saturated carbocycles. The molecule has 1 atom stereocenters. The van der Waals surface area contributed by atoms with Crippen LogP contribution in [0.25, 0.3) is 0 Å². The van der Waals surface area contributed by atoms with Crippen molar-refractivity contribution in [2.75, 3.05) is 20.0 Å². The van der Waals surface area contributed by atoms with E-state index in [-0.39, 0.29) is 29.1 Å². The second-order valence-electron chi connectivity index (χ2n) is 5.53. The summed E-state index contributed by atoms with van der Waals surface area (Å²) < 4.78 is 38.0. The van der Waals surface area contributed by atoms with Crippen molar-refractivity contribution >= 4 is 17.7 Å². The van der Waals surface area contributed by atoms with Crippen molar-refractivity contribution in [1.29, 1.82) is 0 Å². The van der Waals surface area contributed by atoms with Gasteiger partial charge in [-0.25, -0.2) is 8.78 Å². The lowest BCUT2D eigenvalue weighted by Crippen LogP contribution is -2.28. The van der Waals surface area contributed by atoms with Crippen molar-refractivity contribution in [2.45, 2.75) is 11.9 Å². The van der Waals surface area contributed by atoms with E-state index >= 15 is 0 Å². The smallest absolute Gasteiger partial charge is 0.234 e. The number of benzene rings is 2. The minimum absolute atomic E-state index is 0.00469. The average molecular weight is 365 g/mol. The van der Waals surface area contributed by atoms with Crippen molar-refractivity contribution in [3.05, 3.63) is 59.2 Å². The molecule has 1 aliphatic rings. The summed E-state index contributed by atoms with van der Waals surface area (Å²) in [5.41, 5.74) is 0.935. The molecule has 1 aliphatic heterocycles. The molecule has 1 fully saturated rings. The predicted octanol–water partition coefficient (Wildman–Crippen LogP) is 3.76. The Kier molecular flexibility index (Phi) is 5.13. The lowest BCUT2D eigenvalue weighted by atomic mass is 10.1. The Morgan fingerprint density at radius 2 is 1.96 bits per heavy atom. The summed E-state index contributed by atoms with van der Waals surface area (Å²) in [4.78, 5) is 13.8. The maximum absolute atomic E-state index is 14.0. The first-order chi connectivity index (χ1) is 12.0. The summed E-state index contributed by atoms with van der Waals surface area (Å²) in [5.74, 6) is 0.294. The average Bonchev–Trinajstić information content (AvgIpc) is 2.98. The molecule has 1 amide bonds. The predicted molar refractivity (Wildman–Crippen MR) is 91.7 cm³/mol. The van der Waals surface area contributed by atoms with Crippen molar-refractivity contribution in [3.8, 4) is 11.5 Å². The molecule has 25 heavy (non-hydrogen) atoms. The molecule has 1 saturated heterocycles. The Morgan fingerprint density at radius 1 is 1.16 bits per heavy atom. The van der Waals surface area contributed by atoms with Crippen LogP contribution in [0.4, 0.5) is 8.78 Å². The third-order valence-electron chi connectivity index (χ3n) is 4.02. The summed E-state index contributed by atoms with van der Waals surface area (Å²) in [7, 11) is 3.09. The highest BCUT2D eigenvalue weighted by molar-refractivity contribution is 8.00. The van der Waals surface area contributed by atoms with Gasteiger partial charge in [-0.2, -0.15) is 0 Å². The van der Waals surface area contributed by atoms with Gasteiger partial charge in [0.25, 0.3) is 0 Å². The molecule has 0 aliphatic carbocycles. The van der Waals surface area contributed by atoms with Crippen LogP contribution < -0.4 is 9.47 Å². The summed E-state index contributed by atoms with van der Waals surface area (Å²) in [6, 6.07) is 8.59. The topological polar surface area (TPSA) is 38.8 Å².